The average Bonchev–Trinajstić information content (AvgIpc) is 3.33. The zero-order valence-electron chi connectivity index (χ0n) is 38.2. The third-order valence-corrected chi connectivity index (χ3v) is 15.1. The van der Waals surface area contributed by atoms with Crippen LogP contribution in [0.3, 0.4) is 0 Å². The SMILES string of the molecule is C=CCC1(C(=O)C2(CC=C)C=C(C(=O)c3ccccc3)C(c3cccc(C)c3C)=CC2C2CCCNC2)C=C(C(=O)c2ccccc2)C(c2cccc(C)c2C)=CC1C1CCCNC1. The molecule has 0 amide bonds. The summed E-state index contributed by atoms with van der Waals surface area (Å²) in [6.07, 6.45) is 17.0. The van der Waals surface area contributed by atoms with E-state index >= 15 is 14.4 Å². The van der Waals surface area contributed by atoms with E-state index in [2.05, 4.69) is 112 Å². The fraction of sp³-hybridized carbons (Fsp3) is 0.339. The summed E-state index contributed by atoms with van der Waals surface area (Å²) in [5.41, 5.74) is 8.09. The van der Waals surface area contributed by atoms with E-state index in [-0.39, 0.29) is 41.0 Å². The van der Waals surface area contributed by atoms with Crippen LogP contribution in [-0.2, 0) is 4.79 Å². The van der Waals surface area contributed by atoms with Gasteiger partial charge < -0.3 is 10.6 Å². The summed E-state index contributed by atoms with van der Waals surface area (Å²) in [6, 6.07) is 31.5. The topological polar surface area (TPSA) is 75.3 Å². The number of aryl methyl sites for hydroxylation is 2. The van der Waals surface area contributed by atoms with Gasteiger partial charge in [-0.3, -0.25) is 14.4 Å². The highest BCUT2D eigenvalue weighted by atomic mass is 16.1. The number of Topliss-reactive ketones (excluding diaryl/α,β-unsaturated/α-hetero) is 3. The van der Waals surface area contributed by atoms with E-state index in [4.69, 9.17) is 0 Å². The Labute approximate surface area is 381 Å². The van der Waals surface area contributed by atoms with E-state index < -0.39 is 10.8 Å². The number of carbonyl (C=O) groups is 3. The van der Waals surface area contributed by atoms with Gasteiger partial charge >= 0.3 is 0 Å². The minimum atomic E-state index is -1.20. The maximum absolute atomic E-state index is 17.3. The van der Waals surface area contributed by atoms with Crippen LogP contribution in [0.5, 0.6) is 0 Å². The summed E-state index contributed by atoms with van der Waals surface area (Å²) in [5, 5.41) is 7.38. The lowest BCUT2D eigenvalue weighted by Gasteiger charge is -2.52. The molecule has 0 bridgehead atoms. The van der Waals surface area contributed by atoms with Gasteiger partial charge in [0.15, 0.2) is 17.3 Å². The van der Waals surface area contributed by atoms with Gasteiger partial charge in [-0.15, -0.1) is 13.2 Å². The second-order valence-corrected chi connectivity index (χ2v) is 18.8. The maximum atomic E-state index is 17.3. The predicted octanol–water partition coefficient (Wildman–Crippen LogP) is 12.0. The molecule has 6 atom stereocenters. The number of nitrogens with one attached hydrogen (secondary N) is 2. The highest BCUT2D eigenvalue weighted by molar-refractivity contribution is 6.22. The number of ketones is 3. The fourth-order valence-corrected chi connectivity index (χ4v) is 11.5. The Bertz CT molecular complexity index is 2390. The number of piperidine rings is 2. The minimum absolute atomic E-state index is 0.0233. The molecule has 2 heterocycles. The molecule has 6 unspecified atom stereocenters. The third-order valence-electron chi connectivity index (χ3n) is 15.1. The number of allylic oxidation sites excluding steroid dienone is 10. The van der Waals surface area contributed by atoms with Crippen molar-refractivity contribution in [2.24, 2.45) is 34.5 Å². The Morgan fingerprint density at radius 2 is 0.984 bits per heavy atom. The van der Waals surface area contributed by atoms with E-state index in [0.717, 1.165) is 96.4 Å². The van der Waals surface area contributed by atoms with Crippen molar-refractivity contribution in [1.82, 2.24) is 10.6 Å². The predicted molar refractivity (Wildman–Crippen MR) is 263 cm³/mol. The molecule has 4 aromatic rings. The first-order valence-electron chi connectivity index (χ1n) is 23.5. The molecule has 4 aliphatic rings. The van der Waals surface area contributed by atoms with Crippen molar-refractivity contribution in [3.8, 4) is 0 Å². The molecule has 0 aromatic heterocycles. The van der Waals surface area contributed by atoms with Crippen molar-refractivity contribution < 1.29 is 14.4 Å². The van der Waals surface area contributed by atoms with Gasteiger partial charge in [-0.25, -0.2) is 0 Å². The van der Waals surface area contributed by atoms with Crippen LogP contribution in [0, 0.1) is 62.2 Å². The van der Waals surface area contributed by atoms with Crippen molar-refractivity contribution in [3.63, 3.8) is 0 Å². The molecular formula is C59H64N2O3. The number of hydrogen-bond acceptors (Lipinski definition) is 5. The van der Waals surface area contributed by atoms with E-state index in [1.165, 1.54) is 0 Å². The molecule has 4 aromatic carbocycles. The standard InChI is InChI=1S/C59H64N2O3/c1-7-29-58(35-51(55(62)43-21-11-9-12-22-43)49(47-27-15-19-39(3)41(47)5)33-53(58)45-25-17-31-60-37-45)57(64)59(30-8-2)36-52(56(63)44-23-13-10-14-24-44)50(48-28-16-20-40(4)42(48)6)34-54(59)46-26-18-32-61-38-46/h7-16,19-24,27-28,33-36,45-46,53-54,60-61H,1-2,17-18,25-26,29-32,37-38H2,3-6H3. The van der Waals surface area contributed by atoms with Crippen LogP contribution >= 0.6 is 0 Å². The van der Waals surface area contributed by atoms with Crippen molar-refractivity contribution in [2.75, 3.05) is 26.2 Å². The van der Waals surface area contributed by atoms with Crippen LogP contribution in [0.4, 0.5) is 0 Å². The highest BCUT2D eigenvalue weighted by Crippen LogP contribution is 2.58. The summed E-state index contributed by atoms with van der Waals surface area (Å²) < 4.78 is 0. The lowest BCUT2D eigenvalue weighted by Crippen LogP contribution is -2.55. The van der Waals surface area contributed by atoms with Crippen LogP contribution in [-0.4, -0.2) is 43.5 Å². The van der Waals surface area contributed by atoms with Gasteiger partial charge in [0, 0.05) is 22.3 Å². The van der Waals surface area contributed by atoms with Gasteiger partial charge in [0.05, 0.1) is 10.8 Å². The van der Waals surface area contributed by atoms with Crippen molar-refractivity contribution in [2.45, 2.75) is 66.2 Å². The third kappa shape index (κ3) is 8.25. The average molecular weight is 849 g/mol. The summed E-state index contributed by atoms with van der Waals surface area (Å²) in [7, 11) is 0. The quantitative estimate of drug-likeness (QED) is 0.0976. The lowest BCUT2D eigenvalue weighted by molar-refractivity contribution is -0.140. The number of rotatable bonds is 14. The maximum Gasteiger partial charge on any atom is 0.193 e. The monoisotopic (exact) mass is 848 g/mol. The first-order valence-corrected chi connectivity index (χ1v) is 23.5. The molecule has 64 heavy (non-hydrogen) atoms. The molecule has 0 radical (unpaired) electrons. The van der Waals surface area contributed by atoms with E-state index in [1.807, 2.05) is 72.8 Å². The molecular weight excluding hydrogens is 785 g/mol. The molecule has 8 rings (SSSR count). The second-order valence-electron chi connectivity index (χ2n) is 18.8. The van der Waals surface area contributed by atoms with Gasteiger partial charge in [0.2, 0.25) is 0 Å². The summed E-state index contributed by atoms with van der Waals surface area (Å²) in [6.45, 7) is 20.5. The van der Waals surface area contributed by atoms with Crippen LogP contribution in [0.1, 0.15) is 92.6 Å². The minimum Gasteiger partial charge on any atom is -0.316 e. The van der Waals surface area contributed by atoms with Gasteiger partial charge in [0.25, 0.3) is 0 Å². The van der Waals surface area contributed by atoms with Crippen LogP contribution in [0.2, 0.25) is 0 Å². The zero-order valence-corrected chi connectivity index (χ0v) is 38.2. The van der Waals surface area contributed by atoms with E-state index in [9.17, 15) is 0 Å². The second kappa shape index (κ2) is 19.2. The molecule has 2 aliphatic heterocycles. The number of hydrogen-bond donors (Lipinski definition) is 2. The normalized spacial score (nSPS) is 25.8. The smallest absolute Gasteiger partial charge is 0.193 e. The molecule has 328 valence electrons. The zero-order chi connectivity index (χ0) is 45.0. The molecule has 2 aliphatic carbocycles. The Hall–Kier alpha value is -5.75. The van der Waals surface area contributed by atoms with Crippen molar-refractivity contribution in [1.29, 1.82) is 0 Å². The summed E-state index contributed by atoms with van der Waals surface area (Å²) in [4.78, 5) is 47.9. The van der Waals surface area contributed by atoms with Crippen LogP contribution < -0.4 is 10.6 Å². The van der Waals surface area contributed by atoms with E-state index in [0.29, 0.717) is 35.1 Å². The Kier molecular flexibility index (Phi) is 13.4. The molecule has 0 saturated carbocycles. The Morgan fingerprint density at radius 3 is 1.34 bits per heavy atom. The largest absolute Gasteiger partial charge is 0.316 e. The van der Waals surface area contributed by atoms with Gasteiger partial charge in [0.1, 0.15) is 0 Å². The molecule has 2 N–H and O–H groups in total. The fourth-order valence-electron chi connectivity index (χ4n) is 11.5. The van der Waals surface area contributed by atoms with Crippen molar-refractivity contribution in [3.05, 3.63) is 202 Å². The summed E-state index contributed by atoms with van der Waals surface area (Å²) >= 11 is 0. The number of benzene rings is 4. The van der Waals surface area contributed by atoms with Gasteiger partial charge in [-0.05, 0) is 161 Å². The van der Waals surface area contributed by atoms with Gasteiger partial charge in [-0.2, -0.15) is 0 Å². The molecule has 5 nitrogen and oxygen atoms in total. The lowest BCUT2D eigenvalue weighted by atomic mass is 9.50. The first-order chi connectivity index (χ1) is 31.0. The number of carbonyl (C=O) groups excluding carboxylic acids is 3. The first kappa shape index (κ1) is 44.8. The van der Waals surface area contributed by atoms with Gasteiger partial charge in [-0.1, -0.05) is 134 Å². The van der Waals surface area contributed by atoms with Crippen molar-refractivity contribution >= 4 is 28.5 Å². The van der Waals surface area contributed by atoms with E-state index in [1.54, 1.807) is 0 Å². The molecule has 2 fully saturated rings. The molecule has 0 spiro atoms. The van der Waals surface area contributed by atoms with Crippen LogP contribution in [0.15, 0.2) is 158 Å². The molecule has 5 heteroatoms. The Balaban J connectivity index is 1.45. The highest BCUT2D eigenvalue weighted by Gasteiger charge is 2.58. The molecule has 2 saturated heterocycles. The Morgan fingerprint density at radius 1 is 0.578 bits per heavy atom. The summed E-state index contributed by atoms with van der Waals surface area (Å²) in [5.74, 6) is -0.589. The van der Waals surface area contributed by atoms with Crippen LogP contribution in [0.25, 0.3) is 11.1 Å².